The molecule has 1 saturated heterocycles. The molecule has 1 aromatic rings. The maximum Gasteiger partial charge on any atom is 0.250 e. The maximum atomic E-state index is 12.0. The van der Waals surface area contributed by atoms with Crippen molar-refractivity contribution in [1.82, 2.24) is 10.2 Å². The summed E-state index contributed by atoms with van der Waals surface area (Å²) in [6.45, 7) is 2.60. The fourth-order valence-electron chi connectivity index (χ4n) is 1.84. The zero-order valence-corrected chi connectivity index (χ0v) is 9.14. The van der Waals surface area contributed by atoms with Crippen LogP contribution in [0.4, 0.5) is 0 Å². The summed E-state index contributed by atoms with van der Waals surface area (Å²) >= 11 is 0. The van der Waals surface area contributed by atoms with Crippen molar-refractivity contribution in [2.24, 2.45) is 0 Å². The summed E-state index contributed by atoms with van der Waals surface area (Å²) in [6, 6.07) is 8.78. The first kappa shape index (κ1) is 10.7. The lowest BCUT2D eigenvalue weighted by molar-refractivity contribution is -0.144. The van der Waals surface area contributed by atoms with Crippen LogP contribution in [0.2, 0.25) is 0 Å². The molecule has 2 rings (SSSR count). The lowest BCUT2D eigenvalue weighted by atomic mass is 10.0. The molecule has 0 unspecified atom stereocenters. The highest BCUT2D eigenvalue weighted by molar-refractivity contribution is 5.95. The van der Waals surface area contributed by atoms with E-state index in [1.165, 1.54) is 0 Å². The maximum absolute atomic E-state index is 12.0. The second kappa shape index (κ2) is 4.35. The molecule has 1 fully saturated rings. The van der Waals surface area contributed by atoms with Crippen molar-refractivity contribution in [2.75, 3.05) is 13.1 Å². The monoisotopic (exact) mass is 218 g/mol. The van der Waals surface area contributed by atoms with E-state index in [1.807, 2.05) is 37.3 Å². The van der Waals surface area contributed by atoms with Gasteiger partial charge in [0.1, 0.15) is 6.04 Å². The van der Waals surface area contributed by atoms with Gasteiger partial charge in [0.05, 0.1) is 6.54 Å². The van der Waals surface area contributed by atoms with Gasteiger partial charge in [-0.15, -0.1) is 0 Å². The standard InChI is InChI=1S/C12H14N2O2/c1-2-14-8-10(15)13-11(12(14)16)9-6-4-3-5-7-9/h3-7,11H,2,8H2,1H3,(H,13,15)/t11-/m1/s1. The zero-order chi connectivity index (χ0) is 11.5. The molecule has 4 nitrogen and oxygen atoms in total. The van der Waals surface area contributed by atoms with Gasteiger partial charge in [0.2, 0.25) is 11.8 Å². The zero-order valence-electron chi connectivity index (χ0n) is 9.14. The summed E-state index contributed by atoms with van der Waals surface area (Å²) in [5, 5.41) is 2.72. The number of benzene rings is 1. The Hall–Kier alpha value is -1.84. The number of nitrogens with zero attached hydrogens (tertiary/aromatic N) is 1. The summed E-state index contributed by atoms with van der Waals surface area (Å²) < 4.78 is 0. The van der Waals surface area contributed by atoms with Gasteiger partial charge in [0.25, 0.3) is 0 Å². The molecule has 1 atom stereocenters. The number of carbonyl (C=O) groups excluding carboxylic acids is 2. The van der Waals surface area contributed by atoms with Crippen LogP contribution in [-0.2, 0) is 9.59 Å². The molecule has 1 heterocycles. The molecular formula is C12H14N2O2. The van der Waals surface area contributed by atoms with Crippen LogP contribution in [0.25, 0.3) is 0 Å². The van der Waals surface area contributed by atoms with Crippen molar-refractivity contribution < 1.29 is 9.59 Å². The first-order valence-corrected chi connectivity index (χ1v) is 5.35. The van der Waals surface area contributed by atoms with Crippen molar-refractivity contribution in [3.63, 3.8) is 0 Å². The second-order valence-electron chi connectivity index (χ2n) is 3.76. The van der Waals surface area contributed by atoms with Crippen molar-refractivity contribution in [3.8, 4) is 0 Å². The van der Waals surface area contributed by atoms with Crippen LogP contribution < -0.4 is 5.32 Å². The molecular weight excluding hydrogens is 204 g/mol. The molecule has 0 aromatic heterocycles. The number of carbonyl (C=O) groups is 2. The van der Waals surface area contributed by atoms with E-state index in [4.69, 9.17) is 0 Å². The molecule has 2 amide bonds. The quantitative estimate of drug-likeness (QED) is 0.794. The van der Waals surface area contributed by atoms with E-state index in [2.05, 4.69) is 5.32 Å². The summed E-state index contributed by atoms with van der Waals surface area (Å²) in [4.78, 5) is 25.0. The van der Waals surface area contributed by atoms with Gasteiger partial charge in [0, 0.05) is 6.54 Å². The summed E-state index contributed by atoms with van der Waals surface area (Å²) in [5.74, 6) is -0.136. The molecule has 0 radical (unpaired) electrons. The minimum Gasteiger partial charge on any atom is -0.339 e. The Morgan fingerprint density at radius 3 is 2.62 bits per heavy atom. The molecule has 1 aliphatic rings. The highest BCUT2D eigenvalue weighted by Gasteiger charge is 2.32. The highest BCUT2D eigenvalue weighted by Crippen LogP contribution is 2.18. The van der Waals surface area contributed by atoms with Crippen LogP contribution in [0.3, 0.4) is 0 Å². The van der Waals surface area contributed by atoms with Gasteiger partial charge in [-0.3, -0.25) is 9.59 Å². The molecule has 0 aliphatic carbocycles. The summed E-state index contributed by atoms with van der Waals surface area (Å²) in [6.07, 6.45) is 0. The van der Waals surface area contributed by atoms with E-state index < -0.39 is 6.04 Å². The molecule has 0 saturated carbocycles. The van der Waals surface area contributed by atoms with Crippen molar-refractivity contribution in [2.45, 2.75) is 13.0 Å². The van der Waals surface area contributed by atoms with Crippen LogP contribution in [0, 0.1) is 0 Å². The number of hydrogen-bond donors (Lipinski definition) is 1. The van der Waals surface area contributed by atoms with E-state index in [0.29, 0.717) is 6.54 Å². The fraction of sp³-hybridized carbons (Fsp3) is 0.333. The van der Waals surface area contributed by atoms with Gasteiger partial charge in [-0.25, -0.2) is 0 Å². The van der Waals surface area contributed by atoms with Crippen LogP contribution in [0.5, 0.6) is 0 Å². The number of likely N-dealkylation sites (N-methyl/N-ethyl adjacent to an activating group) is 1. The smallest absolute Gasteiger partial charge is 0.250 e. The minimum absolute atomic E-state index is 0.0340. The van der Waals surface area contributed by atoms with Gasteiger partial charge in [-0.1, -0.05) is 30.3 Å². The lowest BCUT2D eigenvalue weighted by Crippen LogP contribution is -2.53. The minimum atomic E-state index is -0.526. The molecule has 0 spiro atoms. The van der Waals surface area contributed by atoms with E-state index in [-0.39, 0.29) is 18.4 Å². The van der Waals surface area contributed by atoms with Crippen molar-refractivity contribution in [3.05, 3.63) is 35.9 Å². The average Bonchev–Trinajstić information content (AvgIpc) is 2.33. The van der Waals surface area contributed by atoms with Gasteiger partial charge in [-0.2, -0.15) is 0 Å². The van der Waals surface area contributed by atoms with Crippen molar-refractivity contribution >= 4 is 11.8 Å². The van der Waals surface area contributed by atoms with Crippen LogP contribution in [0.15, 0.2) is 30.3 Å². The first-order valence-electron chi connectivity index (χ1n) is 5.35. The molecule has 4 heteroatoms. The van der Waals surface area contributed by atoms with E-state index in [1.54, 1.807) is 4.90 Å². The Labute approximate surface area is 94.2 Å². The largest absolute Gasteiger partial charge is 0.339 e. The summed E-state index contributed by atoms with van der Waals surface area (Å²) in [7, 11) is 0. The number of amides is 2. The Bertz CT molecular complexity index is 403. The van der Waals surface area contributed by atoms with E-state index >= 15 is 0 Å². The first-order chi connectivity index (χ1) is 7.72. The Morgan fingerprint density at radius 2 is 2.00 bits per heavy atom. The van der Waals surface area contributed by atoms with Crippen LogP contribution in [0.1, 0.15) is 18.5 Å². The summed E-state index contributed by atoms with van der Waals surface area (Å²) in [5.41, 5.74) is 0.832. The normalized spacial score (nSPS) is 20.8. The Balaban J connectivity index is 2.27. The van der Waals surface area contributed by atoms with Gasteiger partial charge >= 0.3 is 0 Å². The third-order valence-electron chi connectivity index (χ3n) is 2.71. The second-order valence-corrected chi connectivity index (χ2v) is 3.76. The topological polar surface area (TPSA) is 49.4 Å². The number of nitrogens with one attached hydrogen (secondary N) is 1. The van der Waals surface area contributed by atoms with Gasteiger partial charge < -0.3 is 10.2 Å². The third-order valence-corrected chi connectivity index (χ3v) is 2.71. The van der Waals surface area contributed by atoms with Gasteiger partial charge in [0.15, 0.2) is 0 Å². The molecule has 16 heavy (non-hydrogen) atoms. The predicted molar refractivity (Wildman–Crippen MR) is 59.6 cm³/mol. The van der Waals surface area contributed by atoms with Crippen LogP contribution in [-0.4, -0.2) is 29.8 Å². The Morgan fingerprint density at radius 1 is 1.31 bits per heavy atom. The van der Waals surface area contributed by atoms with Crippen LogP contribution >= 0.6 is 0 Å². The number of rotatable bonds is 2. The number of piperazine rings is 1. The molecule has 1 N–H and O–H groups in total. The lowest BCUT2D eigenvalue weighted by Gasteiger charge is -2.31. The third kappa shape index (κ3) is 1.91. The van der Waals surface area contributed by atoms with Gasteiger partial charge in [-0.05, 0) is 12.5 Å². The fourth-order valence-corrected chi connectivity index (χ4v) is 1.84. The molecule has 1 aliphatic heterocycles. The van der Waals surface area contributed by atoms with E-state index in [9.17, 15) is 9.59 Å². The van der Waals surface area contributed by atoms with Crippen molar-refractivity contribution in [1.29, 1.82) is 0 Å². The Kier molecular flexibility index (Phi) is 2.90. The highest BCUT2D eigenvalue weighted by atomic mass is 16.2. The number of hydrogen-bond acceptors (Lipinski definition) is 2. The average molecular weight is 218 g/mol. The SMILES string of the molecule is CCN1CC(=O)N[C@H](c2ccccc2)C1=O. The molecule has 1 aromatic carbocycles. The predicted octanol–water partition coefficient (Wildman–Crippen LogP) is 0.706. The molecule has 84 valence electrons. The molecule has 0 bridgehead atoms. The van der Waals surface area contributed by atoms with E-state index in [0.717, 1.165) is 5.56 Å².